The normalized spacial score (nSPS) is 13.6. The Hall–Kier alpha value is -0.910. The minimum Gasteiger partial charge on any atom is -0.379 e. The second-order valence-corrected chi connectivity index (χ2v) is 7.32. The lowest BCUT2D eigenvalue weighted by Gasteiger charge is -2.11. The van der Waals surface area contributed by atoms with Gasteiger partial charge in [0.2, 0.25) is 10.0 Å². The van der Waals surface area contributed by atoms with Crippen molar-refractivity contribution in [1.82, 2.24) is 4.72 Å². The van der Waals surface area contributed by atoms with Crippen LogP contribution in [0.25, 0.3) is 0 Å². The van der Waals surface area contributed by atoms with E-state index < -0.39 is 10.0 Å². The van der Waals surface area contributed by atoms with Crippen molar-refractivity contribution in [2.45, 2.75) is 57.5 Å². The summed E-state index contributed by atoms with van der Waals surface area (Å²) in [7, 11) is -3.42. The molecule has 1 atom stereocenters. The van der Waals surface area contributed by atoms with Crippen molar-refractivity contribution in [3.05, 3.63) is 29.8 Å². The standard InChI is InChI=1S/C16H27NO3S/c1-5-14(4)15-7-9-16(10-8-15)21(18,19)17-11-6-12-20-13(2)3/h7-10,13-14,17H,5-6,11-12H2,1-4H3. The van der Waals surface area contributed by atoms with Gasteiger partial charge < -0.3 is 4.74 Å². The van der Waals surface area contributed by atoms with Crippen LogP contribution >= 0.6 is 0 Å². The van der Waals surface area contributed by atoms with Gasteiger partial charge in [0.1, 0.15) is 0 Å². The Balaban J connectivity index is 2.54. The van der Waals surface area contributed by atoms with Crippen molar-refractivity contribution >= 4 is 10.0 Å². The first-order chi connectivity index (χ1) is 9.86. The monoisotopic (exact) mass is 313 g/mol. The van der Waals surface area contributed by atoms with Gasteiger partial charge in [0.25, 0.3) is 0 Å². The van der Waals surface area contributed by atoms with Gasteiger partial charge in [-0.2, -0.15) is 0 Å². The zero-order valence-electron chi connectivity index (χ0n) is 13.4. The van der Waals surface area contributed by atoms with Crippen LogP contribution < -0.4 is 4.72 Å². The smallest absolute Gasteiger partial charge is 0.240 e. The van der Waals surface area contributed by atoms with Gasteiger partial charge in [-0.3, -0.25) is 0 Å². The van der Waals surface area contributed by atoms with Crippen LogP contribution in [0.3, 0.4) is 0 Å². The largest absolute Gasteiger partial charge is 0.379 e. The molecule has 0 spiro atoms. The van der Waals surface area contributed by atoms with Crippen LogP contribution in [0, 0.1) is 0 Å². The number of sulfonamides is 1. The summed E-state index contributed by atoms with van der Waals surface area (Å²) in [6.07, 6.45) is 1.89. The Kier molecular flexibility index (Phi) is 7.35. The average Bonchev–Trinajstić information content (AvgIpc) is 2.45. The van der Waals surface area contributed by atoms with Crippen molar-refractivity contribution in [2.24, 2.45) is 0 Å². The molecular weight excluding hydrogens is 286 g/mol. The van der Waals surface area contributed by atoms with Crippen LogP contribution in [0.2, 0.25) is 0 Å². The Morgan fingerprint density at radius 3 is 2.29 bits per heavy atom. The summed E-state index contributed by atoms with van der Waals surface area (Å²) < 4.78 is 32.2. The zero-order chi connectivity index (χ0) is 15.9. The molecule has 0 radical (unpaired) electrons. The highest BCUT2D eigenvalue weighted by molar-refractivity contribution is 7.89. The SMILES string of the molecule is CCC(C)c1ccc(S(=O)(=O)NCCCOC(C)C)cc1. The molecule has 0 saturated heterocycles. The lowest BCUT2D eigenvalue weighted by atomic mass is 9.99. The molecule has 1 aromatic rings. The summed E-state index contributed by atoms with van der Waals surface area (Å²) >= 11 is 0. The molecule has 0 aliphatic heterocycles. The molecule has 5 heteroatoms. The third-order valence-electron chi connectivity index (χ3n) is 3.44. The number of ether oxygens (including phenoxy) is 1. The predicted molar refractivity (Wildman–Crippen MR) is 86.0 cm³/mol. The molecule has 1 unspecified atom stereocenters. The van der Waals surface area contributed by atoms with Crippen LogP contribution in [0.5, 0.6) is 0 Å². The van der Waals surface area contributed by atoms with E-state index in [9.17, 15) is 8.42 Å². The highest BCUT2D eigenvalue weighted by Gasteiger charge is 2.13. The van der Waals surface area contributed by atoms with Gasteiger partial charge in [0, 0.05) is 13.2 Å². The van der Waals surface area contributed by atoms with Crippen LogP contribution in [-0.4, -0.2) is 27.7 Å². The summed E-state index contributed by atoms with van der Waals surface area (Å²) in [5.74, 6) is 0.447. The van der Waals surface area contributed by atoms with E-state index in [2.05, 4.69) is 18.6 Å². The topological polar surface area (TPSA) is 55.4 Å². The molecule has 1 aromatic carbocycles. The van der Waals surface area contributed by atoms with E-state index in [-0.39, 0.29) is 6.10 Å². The molecule has 0 amide bonds. The van der Waals surface area contributed by atoms with Crippen molar-refractivity contribution in [3.8, 4) is 0 Å². The van der Waals surface area contributed by atoms with E-state index in [1.165, 1.54) is 5.56 Å². The molecule has 120 valence electrons. The van der Waals surface area contributed by atoms with Gasteiger partial charge in [-0.15, -0.1) is 0 Å². The number of benzene rings is 1. The quantitative estimate of drug-likeness (QED) is 0.712. The first-order valence-corrected chi connectivity index (χ1v) is 9.06. The first-order valence-electron chi connectivity index (χ1n) is 7.58. The van der Waals surface area contributed by atoms with E-state index in [0.29, 0.717) is 30.4 Å². The van der Waals surface area contributed by atoms with Gasteiger partial charge in [-0.25, -0.2) is 13.1 Å². The lowest BCUT2D eigenvalue weighted by molar-refractivity contribution is 0.0778. The second-order valence-electron chi connectivity index (χ2n) is 5.55. The fraction of sp³-hybridized carbons (Fsp3) is 0.625. The number of hydrogen-bond acceptors (Lipinski definition) is 3. The molecule has 0 aliphatic rings. The van der Waals surface area contributed by atoms with Crippen molar-refractivity contribution < 1.29 is 13.2 Å². The van der Waals surface area contributed by atoms with Crippen LogP contribution in [0.15, 0.2) is 29.2 Å². The van der Waals surface area contributed by atoms with E-state index in [1.807, 2.05) is 26.0 Å². The third kappa shape index (κ3) is 6.16. The van der Waals surface area contributed by atoms with E-state index in [0.717, 1.165) is 6.42 Å². The molecule has 21 heavy (non-hydrogen) atoms. The molecular formula is C16H27NO3S. The molecule has 0 fully saturated rings. The van der Waals surface area contributed by atoms with Crippen LogP contribution in [0.4, 0.5) is 0 Å². The highest BCUT2D eigenvalue weighted by atomic mass is 32.2. The molecule has 0 aromatic heterocycles. The van der Waals surface area contributed by atoms with Crippen molar-refractivity contribution in [3.63, 3.8) is 0 Å². The summed E-state index contributed by atoms with van der Waals surface area (Å²) in [5, 5.41) is 0. The van der Waals surface area contributed by atoms with E-state index in [1.54, 1.807) is 12.1 Å². The first kappa shape index (κ1) is 18.1. The minimum absolute atomic E-state index is 0.176. The molecule has 0 aliphatic carbocycles. The fourth-order valence-corrected chi connectivity index (χ4v) is 2.97. The van der Waals surface area contributed by atoms with E-state index >= 15 is 0 Å². The maximum Gasteiger partial charge on any atom is 0.240 e. The molecule has 1 N–H and O–H groups in total. The maximum atomic E-state index is 12.1. The Morgan fingerprint density at radius 1 is 1.14 bits per heavy atom. The summed E-state index contributed by atoms with van der Waals surface area (Å²) in [6.45, 7) is 9.13. The summed E-state index contributed by atoms with van der Waals surface area (Å²) in [4.78, 5) is 0.319. The molecule has 0 saturated carbocycles. The maximum absolute atomic E-state index is 12.1. The number of rotatable bonds is 9. The summed E-state index contributed by atoms with van der Waals surface area (Å²) in [5.41, 5.74) is 1.17. The van der Waals surface area contributed by atoms with Crippen molar-refractivity contribution in [2.75, 3.05) is 13.2 Å². The summed E-state index contributed by atoms with van der Waals surface area (Å²) in [6, 6.07) is 7.14. The molecule has 0 heterocycles. The fourth-order valence-electron chi connectivity index (χ4n) is 1.89. The van der Waals surface area contributed by atoms with Gasteiger partial charge in [-0.05, 0) is 50.3 Å². The van der Waals surface area contributed by atoms with Crippen molar-refractivity contribution in [1.29, 1.82) is 0 Å². The Morgan fingerprint density at radius 2 is 1.76 bits per heavy atom. The van der Waals surface area contributed by atoms with Gasteiger partial charge in [0.15, 0.2) is 0 Å². The molecule has 4 nitrogen and oxygen atoms in total. The zero-order valence-corrected chi connectivity index (χ0v) is 14.2. The average molecular weight is 313 g/mol. The predicted octanol–water partition coefficient (Wildman–Crippen LogP) is 3.29. The molecule has 1 rings (SSSR count). The Labute approximate surface area is 129 Å². The minimum atomic E-state index is -3.42. The number of nitrogens with one attached hydrogen (secondary N) is 1. The van der Waals surface area contributed by atoms with Gasteiger partial charge in [-0.1, -0.05) is 26.0 Å². The van der Waals surface area contributed by atoms with Crippen LogP contribution in [0.1, 0.15) is 52.0 Å². The Bertz CT molecular complexity index is 509. The van der Waals surface area contributed by atoms with Crippen LogP contribution in [-0.2, 0) is 14.8 Å². The second kappa shape index (κ2) is 8.51. The molecule has 0 bridgehead atoms. The van der Waals surface area contributed by atoms with Gasteiger partial charge >= 0.3 is 0 Å². The number of hydrogen-bond donors (Lipinski definition) is 1. The lowest BCUT2D eigenvalue weighted by Crippen LogP contribution is -2.25. The highest BCUT2D eigenvalue weighted by Crippen LogP contribution is 2.20. The third-order valence-corrected chi connectivity index (χ3v) is 4.91. The van der Waals surface area contributed by atoms with E-state index in [4.69, 9.17) is 4.74 Å². The van der Waals surface area contributed by atoms with Gasteiger partial charge in [0.05, 0.1) is 11.0 Å².